The van der Waals surface area contributed by atoms with Crippen LogP contribution in [0, 0.1) is 10.1 Å². The van der Waals surface area contributed by atoms with E-state index in [1.54, 1.807) is 13.0 Å². The zero-order valence-electron chi connectivity index (χ0n) is 11.5. The number of carbonyl (C=O) groups excluding carboxylic acids is 1. The Balaban J connectivity index is 2.38. The molecule has 1 saturated heterocycles. The minimum atomic E-state index is -0.503. The Morgan fingerprint density at radius 3 is 2.65 bits per heavy atom. The highest BCUT2D eigenvalue weighted by molar-refractivity contribution is 5.96. The molecule has 0 aliphatic carbocycles. The molecule has 1 aromatic carbocycles. The van der Waals surface area contributed by atoms with Gasteiger partial charge >= 0.3 is 5.97 Å². The summed E-state index contributed by atoms with van der Waals surface area (Å²) in [7, 11) is 0. The summed E-state index contributed by atoms with van der Waals surface area (Å²) in [6.07, 6.45) is 3.32. The van der Waals surface area contributed by atoms with Gasteiger partial charge in [0.05, 0.1) is 22.8 Å². The second kappa shape index (κ2) is 6.36. The molecule has 2 rings (SSSR count). The molecule has 0 N–H and O–H groups in total. The van der Waals surface area contributed by atoms with Gasteiger partial charge in [-0.3, -0.25) is 10.1 Å². The van der Waals surface area contributed by atoms with Gasteiger partial charge in [0.1, 0.15) is 0 Å². The van der Waals surface area contributed by atoms with E-state index in [2.05, 4.69) is 4.90 Å². The van der Waals surface area contributed by atoms with E-state index >= 15 is 0 Å². The minimum Gasteiger partial charge on any atom is -0.462 e. The van der Waals surface area contributed by atoms with Crippen molar-refractivity contribution in [3.63, 3.8) is 0 Å². The van der Waals surface area contributed by atoms with E-state index in [-0.39, 0.29) is 17.9 Å². The number of benzene rings is 1. The van der Waals surface area contributed by atoms with E-state index in [4.69, 9.17) is 4.74 Å². The lowest BCUT2D eigenvalue weighted by Crippen LogP contribution is -2.31. The minimum absolute atomic E-state index is 0.0891. The van der Waals surface area contributed by atoms with Gasteiger partial charge < -0.3 is 9.64 Å². The predicted octanol–water partition coefficient (Wildman–Crippen LogP) is 2.76. The maximum Gasteiger partial charge on any atom is 0.340 e. The van der Waals surface area contributed by atoms with Crippen molar-refractivity contribution in [1.29, 1.82) is 0 Å². The molecule has 6 nitrogen and oxygen atoms in total. The maximum absolute atomic E-state index is 12.0. The van der Waals surface area contributed by atoms with Crippen LogP contribution < -0.4 is 4.90 Å². The Hall–Kier alpha value is -2.11. The van der Waals surface area contributed by atoms with Gasteiger partial charge in [-0.25, -0.2) is 4.79 Å². The zero-order chi connectivity index (χ0) is 14.5. The molecule has 1 fully saturated rings. The summed E-state index contributed by atoms with van der Waals surface area (Å²) in [6, 6.07) is 4.39. The normalized spacial score (nSPS) is 14.9. The zero-order valence-corrected chi connectivity index (χ0v) is 11.5. The molecule has 20 heavy (non-hydrogen) atoms. The molecule has 108 valence electrons. The first-order chi connectivity index (χ1) is 9.63. The first-order valence-electron chi connectivity index (χ1n) is 6.84. The SMILES string of the molecule is CCOC(=O)c1cc([N+](=O)[O-])ccc1N1CCCCC1. The molecule has 0 atom stereocenters. The summed E-state index contributed by atoms with van der Waals surface area (Å²) < 4.78 is 5.01. The number of hydrogen-bond acceptors (Lipinski definition) is 5. The van der Waals surface area contributed by atoms with Crippen molar-refractivity contribution in [2.75, 3.05) is 24.6 Å². The second-order valence-corrected chi connectivity index (χ2v) is 4.73. The first kappa shape index (κ1) is 14.3. The fraction of sp³-hybridized carbons (Fsp3) is 0.500. The average molecular weight is 278 g/mol. The van der Waals surface area contributed by atoms with E-state index in [0.29, 0.717) is 0 Å². The molecule has 0 saturated carbocycles. The van der Waals surface area contributed by atoms with Crippen molar-refractivity contribution in [2.45, 2.75) is 26.2 Å². The van der Waals surface area contributed by atoms with Gasteiger partial charge in [-0.05, 0) is 32.3 Å². The van der Waals surface area contributed by atoms with Crippen LogP contribution in [0.5, 0.6) is 0 Å². The van der Waals surface area contributed by atoms with Gasteiger partial charge in [0.2, 0.25) is 0 Å². The standard InChI is InChI=1S/C14H18N2O4/c1-2-20-14(17)12-10-11(16(18)19)6-7-13(12)15-8-4-3-5-9-15/h6-7,10H,2-5,8-9H2,1H3. The van der Waals surface area contributed by atoms with Gasteiger partial charge in [-0.2, -0.15) is 0 Å². The highest BCUT2D eigenvalue weighted by Crippen LogP contribution is 2.28. The number of nitrogens with zero attached hydrogens (tertiary/aromatic N) is 2. The molecule has 6 heteroatoms. The number of hydrogen-bond donors (Lipinski definition) is 0. The molecular weight excluding hydrogens is 260 g/mol. The average Bonchev–Trinajstić information content (AvgIpc) is 2.47. The first-order valence-corrected chi connectivity index (χ1v) is 6.84. The van der Waals surface area contributed by atoms with Crippen molar-refractivity contribution in [2.24, 2.45) is 0 Å². The summed E-state index contributed by atoms with van der Waals surface area (Å²) in [6.45, 7) is 3.70. The summed E-state index contributed by atoms with van der Waals surface area (Å²) in [5.41, 5.74) is 0.922. The topological polar surface area (TPSA) is 72.7 Å². The quantitative estimate of drug-likeness (QED) is 0.481. The van der Waals surface area contributed by atoms with Crippen molar-refractivity contribution >= 4 is 17.3 Å². The third-order valence-corrected chi connectivity index (χ3v) is 3.38. The van der Waals surface area contributed by atoms with Crippen LogP contribution in [-0.4, -0.2) is 30.6 Å². The molecule has 0 amide bonds. The van der Waals surface area contributed by atoms with Crippen molar-refractivity contribution in [3.05, 3.63) is 33.9 Å². The van der Waals surface area contributed by atoms with Crippen LogP contribution in [0.25, 0.3) is 0 Å². The molecular formula is C14H18N2O4. The van der Waals surface area contributed by atoms with Crippen LogP contribution in [0.1, 0.15) is 36.5 Å². The molecule has 0 aromatic heterocycles. The Morgan fingerprint density at radius 1 is 1.35 bits per heavy atom. The summed E-state index contributed by atoms with van der Waals surface area (Å²) in [5, 5.41) is 10.9. The summed E-state index contributed by atoms with van der Waals surface area (Å²) in [5.74, 6) is -0.503. The van der Waals surface area contributed by atoms with Gasteiger partial charge in [0.25, 0.3) is 5.69 Å². The lowest BCUT2D eigenvalue weighted by molar-refractivity contribution is -0.384. The van der Waals surface area contributed by atoms with Crippen LogP contribution in [0.3, 0.4) is 0 Å². The van der Waals surface area contributed by atoms with Crippen LogP contribution in [0.4, 0.5) is 11.4 Å². The second-order valence-electron chi connectivity index (χ2n) is 4.73. The molecule has 1 heterocycles. The Bertz CT molecular complexity index is 510. The molecule has 0 bridgehead atoms. The number of non-ortho nitro benzene ring substituents is 1. The van der Waals surface area contributed by atoms with Gasteiger partial charge in [0.15, 0.2) is 0 Å². The Kier molecular flexibility index (Phi) is 4.55. The lowest BCUT2D eigenvalue weighted by atomic mass is 10.1. The summed E-state index contributed by atoms with van der Waals surface area (Å²) >= 11 is 0. The van der Waals surface area contributed by atoms with E-state index in [0.717, 1.165) is 31.6 Å². The third-order valence-electron chi connectivity index (χ3n) is 3.38. The van der Waals surface area contributed by atoms with Gasteiger partial charge in [0, 0.05) is 25.2 Å². The summed E-state index contributed by atoms with van der Waals surface area (Å²) in [4.78, 5) is 24.5. The molecule has 0 spiro atoms. The molecule has 1 aliphatic heterocycles. The number of ether oxygens (including phenoxy) is 1. The van der Waals surface area contributed by atoms with Crippen LogP contribution in [-0.2, 0) is 4.74 Å². The van der Waals surface area contributed by atoms with Crippen molar-refractivity contribution in [1.82, 2.24) is 0 Å². The number of esters is 1. The van der Waals surface area contributed by atoms with Crippen molar-refractivity contribution < 1.29 is 14.5 Å². The number of piperidine rings is 1. The monoisotopic (exact) mass is 278 g/mol. The Labute approximate surface area is 117 Å². The lowest BCUT2D eigenvalue weighted by Gasteiger charge is -2.30. The number of nitro benzene ring substituents is 1. The maximum atomic E-state index is 12.0. The van der Waals surface area contributed by atoms with Crippen molar-refractivity contribution in [3.8, 4) is 0 Å². The third kappa shape index (κ3) is 3.07. The molecule has 0 radical (unpaired) electrons. The molecule has 1 aliphatic rings. The highest BCUT2D eigenvalue weighted by atomic mass is 16.6. The van der Waals surface area contributed by atoms with E-state index in [1.807, 2.05) is 0 Å². The van der Waals surface area contributed by atoms with E-state index in [1.165, 1.54) is 18.6 Å². The van der Waals surface area contributed by atoms with Crippen LogP contribution in [0.2, 0.25) is 0 Å². The molecule has 0 unspecified atom stereocenters. The van der Waals surface area contributed by atoms with Gasteiger partial charge in [-0.1, -0.05) is 0 Å². The smallest absolute Gasteiger partial charge is 0.340 e. The highest BCUT2D eigenvalue weighted by Gasteiger charge is 2.22. The molecule has 1 aromatic rings. The van der Waals surface area contributed by atoms with E-state index in [9.17, 15) is 14.9 Å². The number of carbonyl (C=O) groups is 1. The number of nitro groups is 1. The Morgan fingerprint density at radius 2 is 2.05 bits per heavy atom. The van der Waals surface area contributed by atoms with Gasteiger partial charge in [-0.15, -0.1) is 0 Å². The largest absolute Gasteiger partial charge is 0.462 e. The fourth-order valence-corrected chi connectivity index (χ4v) is 2.42. The van der Waals surface area contributed by atoms with Crippen LogP contribution >= 0.6 is 0 Å². The number of rotatable bonds is 4. The number of anilines is 1. The van der Waals surface area contributed by atoms with Crippen LogP contribution in [0.15, 0.2) is 18.2 Å². The van der Waals surface area contributed by atoms with E-state index < -0.39 is 10.9 Å². The fourth-order valence-electron chi connectivity index (χ4n) is 2.42. The predicted molar refractivity (Wildman–Crippen MR) is 75.1 cm³/mol.